The Balaban J connectivity index is 1.73. The summed E-state index contributed by atoms with van der Waals surface area (Å²) >= 11 is 0. The van der Waals surface area contributed by atoms with Gasteiger partial charge in [-0.2, -0.15) is 0 Å². The van der Waals surface area contributed by atoms with E-state index in [1.807, 2.05) is 0 Å². The van der Waals surface area contributed by atoms with E-state index in [2.05, 4.69) is 52.8 Å². The third kappa shape index (κ3) is 3.38. The maximum Gasteiger partial charge on any atom is 0.0850 e. The van der Waals surface area contributed by atoms with E-state index in [-0.39, 0.29) is 0 Å². The number of benzene rings is 2. The topological polar surface area (TPSA) is 25.1 Å². The summed E-state index contributed by atoms with van der Waals surface area (Å²) in [7, 11) is 0. The number of ether oxygens (including phenoxy) is 2. The molecule has 25 heavy (non-hydrogen) atoms. The summed E-state index contributed by atoms with van der Waals surface area (Å²) < 4.78 is 10.9. The van der Waals surface area contributed by atoms with Gasteiger partial charge >= 0.3 is 0 Å². The Morgan fingerprint density at radius 2 is 1.20 bits per heavy atom. The van der Waals surface area contributed by atoms with Crippen LogP contribution in [0.3, 0.4) is 0 Å². The molecular weight excluding hydrogens is 308 g/mol. The minimum absolute atomic E-state index is 0.441. The minimum Gasteiger partial charge on any atom is -0.373 e. The molecule has 2 atom stereocenters. The van der Waals surface area contributed by atoms with Crippen molar-refractivity contribution in [3.63, 3.8) is 0 Å². The fourth-order valence-corrected chi connectivity index (χ4v) is 4.05. The molecule has 0 N–H and O–H groups in total. The van der Waals surface area contributed by atoms with Gasteiger partial charge < -0.3 is 9.47 Å². The Labute approximate surface area is 151 Å². The predicted octanol–water partition coefficient (Wildman–Crippen LogP) is 4.78. The second-order valence-corrected chi connectivity index (χ2v) is 7.88. The van der Waals surface area contributed by atoms with E-state index in [9.17, 15) is 0 Å². The van der Waals surface area contributed by atoms with E-state index in [0.717, 1.165) is 26.1 Å². The molecule has 2 saturated heterocycles. The monoisotopic (exact) mass is 336 g/mol. The Morgan fingerprint density at radius 1 is 0.720 bits per heavy atom. The Kier molecular flexibility index (Phi) is 4.21. The molecule has 0 spiro atoms. The fraction of sp³-hybridized carbons (Fsp3) is 0.478. The lowest BCUT2D eigenvalue weighted by molar-refractivity contribution is 0.407. The standard InChI is InChI=1S/C23H28O2/c1-13-6-18(7-14(2)21(13)9-19-11-24-19)23-8-15(3)22(10-20-12-25-20)16(4)17(23)5/h6-8,19-20H,9-12H2,1-5H3. The van der Waals surface area contributed by atoms with Gasteiger partial charge in [-0.05, 0) is 84.7 Å². The van der Waals surface area contributed by atoms with E-state index in [1.54, 1.807) is 0 Å². The largest absolute Gasteiger partial charge is 0.373 e. The van der Waals surface area contributed by atoms with Crippen LogP contribution in [-0.2, 0) is 22.3 Å². The average molecular weight is 336 g/mol. The van der Waals surface area contributed by atoms with Crippen LogP contribution in [-0.4, -0.2) is 25.4 Å². The van der Waals surface area contributed by atoms with Crippen molar-refractivity contribution >= 4 is 0 Å². The van der Waals surface area contributed by atoms with E-state index >= 15 is 0 Å². The smallest absolute Gasteiger partial charge is 0.0850 e. The normalized spacial score (nSPS) is 21.5. The number of rotatable bonds is 5. The highest BCUT2D eigenvalue weighted by Gasteiger charge is 2.26. The minimum atomic E-state index is 0.441. The lowest BCUT2D eigenvalue weighted by Crippen LogP contribution is -2.04. The average Bonchev–Trinajstić information content (AvgIpc) is 3.46. The maximum atomic E-state index is 5.45. The van der Waals surface area contributed by atoms with Gasteiger partial charge in [0.2, 0.25) is 0 Å². The molecule has 2 aliphatic heterocycles. The summed E-state index contributed by atoms with van der Waals surface area (Å²) in [5.74, 6) is 0. The first kappa shape index (κ1) is 16.8. The molecule has 2 aromatic rings. The van der Waals surface area contributed by atoms with Gasteiger partial charge in [0.25, 0.3) is 0 Å². The second kappa shape index (κ2) is 6.26. The van der Waals surface area contributed by atoms with Crippen LogP contribution in [0.15, 0.2) is 18.2 Å². The highest BCUT2D eigenvalue weighted by Crippen LogP contribution is 2.34. The number of hydrogen-bond donors (Lipinski definition) is 0. The molecule has 0 aromatic heterocycles. The van der Waals surface area contributed by atoms with Crippen molar-refractivity contribution in [1.82, 2.24) is 0 Å². The molecule has 0 bridgehead atoms. The summed E-state index contributed by atoms with van der Waals surface area (Å²) in [5, 5.41) is 0. The van der Waals surface area contributed by atoms with Crippen LogP contribution < -0.4 is 0 Å². The fourth-order valence-electron chi connectivity index (χ4n) is 4.05. The zero-order chi connectivity index (χ0) is 17.7. The molecule has 2 heterocycles. The van der Waals surface area contributed by atoms with Crippen molar-refractivity contribution < 1.29 is 9.47 Å². The molecule has 0 amide bonds. The molecule has 2 heteroatoms. The van der Waals surface area contributed by atoms with Gasteiger partial charge in [-0.1, -0.05) is 18.2 Å². The van der Waals surface area contributed by atoms with E-state index in [4.69, 9.17) is 9.47 Å². The molecule has 0 radical (unpaired) electrons. The number of epoxide rings is 2. The molecule has 2 aliphatic rings. The molecule has 0 aliphatic carbocycles. The molecule has 2 aromatic carbocycles. The van der Waals surface area contributed by atoms with E-state index in [1.165, 1.54) is 50.1 Å². The molecule has 0 saturated carbocycles. The summed E-state index contributed by atoms with van der Waals surface area (Å²) in [6.07, 6.45) is 2.99. The van der Waals surface area contributed by atoms with E-state index < -0.39 is 0 Å². The summed E-state index contributed by atoms with van der Waals surface area (Å²) in [5.41, 5.74) is 12.6. The first-order valence-electron chi connectivity index (χ1n) is 9.37. The molecule has 2 nitrogen and oxygen atoms in total. The molecule has 2 unspecified atom stereocenters. The van der Waals surface area contributed by atoms with Crippen molar-refractivity contribution in [2.75, 3.05) is 13.2 Å². The van der Waals surface area contributed by atoms with Crippen molar-refractivity contribution in [2.45, 2.75) is 59.7 Å². The Hall–Kier alpha value is -1.64. The maximum absolute atomic E-state index is 5.45. The molecule has 2 fully saturated rings. The number of aryl methyl sites for hydroxylation is 3. The third-order valence-electron chi connectivity index (χ3n) is 5.93. The SMILES string of the molecule is Cc1cc(-c2cc(C)c(CC3CO3)c(C)c2C)cc(C)c1CC1CO1. The molecular formula is C23H28O2. The predicted molar refractivity (Wildman–Crippen MR) is 102 cm³/mol. The lowest BCUT2D eigenvalue weighted by Gasteiger charge is -2.19. The quantitative estimate of drug-likeness (QED) is 0.734. The van der Waals surface area contributed by atoms with Crippen LogP contribution in [0, 0.1) is 34.6 Å². The molecule has 132 valence electrons. The van der Waals surface area contributed by atoms with Gasteiger partial charge in [-0.3, -0.25) is 0 Å². The zero-order valence-corrected chi connectivity index (χ0v) is 16.0. The highest BCUT2D eigenvalue weighted by atomic mass is 16.6. The van der Waals surface area contributed by atoms with Gasteiger partial charge in [-0.15, -0.1) is 0 Å². The van der Waals surface area contributed by atoms with Crippen LogP contribution in [0.2, 0.25) is 0 Å². The van der Waals surface area contributed by atoms with Gasteiger partial charge in [0, 0.05) is 12.8 Å². The summed E-state index contributed by atoms with van der Waals surface area (Å²) in [6.45, 7) is 13.1. The van der Waals surface area contributed by atoms with Gasteiger partial charge in [0.05, 0.1) is 25.4 Å². The number of hydrogen-bond acceptors (Lipinski definition) is 2. The van der Waals surface area contributed by atoms with Gasteiger partial charge in [-0.25, -0.2) is 0 Å². The Bertz CT molecular complexity index is 803. The summed E-state index contributed by atoms with van der Waals surface area (Å²) in [6, 6.07) is 7.09. The van der Waals surface area contributed by atoms with Crippen LogP contribution in [0.4, 0.5) is 0 Å². The van der Waals surface area contributed by atoms with Crippen molar-refractivity contribution in [2.24, 2.45) is 0 Å². The van der Waals surface area contributed by atoms with Gasteiger partial charge in [0.1, 0.15) is 0 Å². The first-order valence-corrected chi connectivity index (χ1v) is 9.37. The molecule has 4 rings (SSSR count). The highest BCUT2D eigenvalue weighted by molar-refractivity contribution is 5.72. The van der Waals surface area contributed by atoms with Gasteiger partial charge in [0.15, 0.2) is 0 Å². The van der Waals surface area contributed by atoms with E-state index in [0.29, 0.717) is 12.2 Å². The Morgan fingerprint density at radius 3 is 1.72 bits per heavy atom. The van der Waals surface area contributed by atoms with Crippen molar-refractivity contribution in [3.8, 4) is 11.1 Å². The van der Waals surface area contributed by atoms with Crippen LogP contribution >= 0.6 is 0 Å². The van der Waals surface area contributed by atoms with Crippen molar-refractivity contribution in [3.05, 3.63) is 57.1 Å². The van der Waals surface area contributed by atoms with Crippen LogP contribution in [0.5, 0.6) is 0 Å². The lowest BCUT2D eigenvalue weighted by atomic mass is 9.86. The zero-order valence-electron chi connectivity index (χ0n) is 16.0. The van der Waals surface area contributed by atoms with Crippen molar-refractivity contribution in [1.29, 1.82) is 0 Å². The van der Waals surface area contributed by atoms with Crippen LogP contribution in [0.25, 0.3) is 11.1 Å². The van der Waals surface area contributed by atoms with Crippen LogP contribution in [0.1, 0.15) is 38.9 Å². The summed E-state index contributed by atoms with van der Waals surface area (Å²) in [4.78, 5) is 0. The third-order valence-corrected chi connectivity index (χ3v) is 5.93. The first-order chi connectivity index (χ1) is 11.9. The second-order valence-electron chi connectivity index (χ2n) is 7.88.